The van der Waals surface area contributed by atoms with Crippen LogP contribution in [0.25, 0.3) is 11.1 Å². The molecule has 0 saturated carbocycles. The normalized spacial score (nSPS) is 22.8. The number of likely N-dealkylation sites (tertiary alicyclic amines) is 1. The highest BCUT2D eigenvalue weighted by Gasteiger charge is 2.47. The van der Waals surface area contributed by atoms with Crippen molar-refractivity contribution in [2.75, 3.05) is 44.2 Å². The van der Waals surface area contributed by atoms with Crippen molar-refractivity contribution in [3.8, 4) is 11.1 Å². The highest BCUT2D eigenvalue weighted by Crippen LogP contribution is 2.42. The van der Waals surface area contributed by atoms with Crippen LogP contribution in [0.3, 0.4) is 0 Å². The molecule has 7 rings (SSSR count). The molecule has 306 valence electrons. The fourth-order valence-electron chi connectivity index (χ4n) is 8.08. The molecule has 3 saturated heterocycles. The summed E-state index contributed by atoms with van der Waals surface area (Å²) in [6.45, 7) is 5.75. The van der Waals surface area contributed by atoms with Gasteiger partial charge < -0.3 is 29.7 Å². The maximum atomic E-state index is 13.2. The topological polar surface area (TPSA) is 138 Å². The van der Waals surface area contributed by atoms with Gasteiger partial charge in [0.25, 0.3) is 5.69 Å². The van der Waals surface area contributed by atoms with Gasteiger partial charge >= 0.3 is 12.1 Å². The molecule has 5 unspecified atom stereocenters. The van der Waals surface area contributed by atoms with Crippen molar-refractivity contribution < 1.29 is 42.3 Å². The Hall–Kier alpha value is -5.35. The predicted molar refractivity (Wildman–Crippen MR) is 209 cm³/mol. The van der Waals surface area contributed by atoms with Gasteiger partial charge in [-0.3, -0.25) is 24.6 Å². The van der Waals surface area contributed by atoms with Crippen molar-refractivity contribution in [2.24, 2.45) is 5.92 Å². The Labute approximate surface area is 334 Å². The summed E-state index contributed by atoms with van der Waals surface area (Å²) in [5.41, 5.74) is 6.03. The number of piperazine rings is 1. The summed E-state index contributed by atoms with van der Waals surface area (Å²) in [6.07, 6.45) is -5.75. The number of non-ortho nitro benzene ring substituents is 1. The lowest BCUT2D eigenvalue weighted by Crippen LogP contribution is -2.51. The number of nitro benzene ring substituents is 1. The van der Waals surface area contributed by atoms with Crippen LogP contribution in [0, 0.1) is 16.0 Å². The largest absolute Gasteiger partial charge is 0.471 e. The van der Waals surface area contributed by atoms with Crippen LogP contribution in [0.4, 0.5) is 24.5 Å². The molecule has 0 aliphatic carbocycles. The molecular weight excluding hydrogens is 755 g/mol. The minimum absolute atomic E-state index is 0.0202. The number of nitrogens with one attached hydrogen (secondary N) is 1. The van der Waals surface area contributed by atoms with E-state index in [4.69, 9.17) is 9.47 Å². The van der Waals surface area contributed by atoms with Crippen LogP contribution in [-0.4, -0.2) is 89.2 Å². The highest BCUT2D eigenvalue weighted by atomic mass is 19.4. The number of anilines is 1. The Morgan fingerprint density at radius 2 is 1.55 bits per heavy atom. The molecule has 0 radical (unpaired) electrons. The molecule has 2 amide bonds. The number of hydrogen-bond donors (Lipinski definition) is 2. The number of amides is 2. The summed E-state index contributed by atoms with van der Waals surface area (Å²) >= 11 is 0. The number of hydrogen-bond acceptors (Lipinski definition) is 9. The van der Waals surface area contributed by atoms with Crippen LogP contribution in [-0.2, 0) is 32.2 Å². The van der Waals surface area contributed by atoms with Crippen molar-refractivity contribution in [3.05, 3.63) is 129 Å². The Balaban J connectivity index is 1.04. The van der Waals surface area contributed by atoms with Crippen molar-refractivity contribution >= 4 is 23.2 Å². The number of halogens is 3. The quantitative estimate of drug-likeness (QED) is 0.128. The van der Waals surface area contributed by atoms with Crippen LogP contribution in [0.15, 0.2) is 97.1 Å². The zero-order valence-electron chi connectivity index (χ0n) is 32.0. The van der Waals surface area contributed by atoms with Crippen LogP contribution in [0.1, 0.15) is 54.4 Å². The highest BCUT2D eigenvalue weighted by molar-refractivity contribution is 5.90. The molecule has 3 heterocycles. The number of rotatable bonds is 11. The van der Waals surface area contributed by atoms with Crippen molar-refractivity contribution in [1.82, 2.24) is 15.1 Å². The number of carbonyl (C=O) groups is 2. The monoisotopic (exact) mass is 801 g/mol. The van der Waals surface area contributed by atoms with E-state index in [2.05, 4.69) is 22.0 Å². The molecule has 4 aromatic carbocycles. The van der Waals surface area contributed by atoms with Crippen LogP contribution in [0.5, 0.6) is 0 Å². The molecule has 3 fully saturated rings. The van der Waals surface area contributed by atoms with Gasteiger partial charge in [0.05, 0.1) is 23.7 Å². The smallest absolute Gasteiger partial charge is 0.392 e. The van der Waals surface area contributed by atoms with Crippen LogP contribution < -0.4 is 10.2 Å². The van der Waals surface area contributed by atoms with E-state index in [-0.39, 0.29) is 49.9 Å². The first-order valence-corrected chi connectivity index (χ1v) is 19.5. The van der Waals surface area contributed by atoms with Crippen molar-refractivity contribution in [1.29, 1.82) is 0 Å². The average molecular weight is 802 g/mol. The number of aliphatic hydroxyl groups is 1. The lowest BCUT2D eigenvalue weighted by molar-refractivity contribution is -0.384. The maximum absolute atomic E-state index is 13.2. The van der Waals surface area contributed by atoms with Crippen molar-refractivity contribution in [2.45, 2.75) is 63.6 Å². The van der Waals surface area contributed by atoms with Crippen LogP contribution in [0.2, 0.25) is 0 Å². The molecule has 2 N–H and O–H groups in total. The molecule has 4 aromatic rings. The number of benzene rings is 4. The van der Waals surface area contributed by atoms with Gasteiger partial charge in [-0.1, -0.05) is 79.7 Å². The third-order valence-corrected chi connectivity index (χ3v) is 11.4. The number of alkyl halides is 3. The number of carbonyl (C=O) groups excluding carboxylic acids is 2. The second-order valence-corrected chi connectivity index (χ2v) is 15.0. The zero-order chi connectivity index (χ0) is 41.0. The molecule has 5 atom stereocenters. The fraction of sp³-hybridized carbons (Fsp3) is 0.395. The van der Waals surface area contributed by atoms with Gasteiger partial charge in [0.15, 0.2) is 6.29 Å². The van der Waals surface area contributed by atoms with Gasteiger partial charge in [-0.2, -0.15) is 13.2 Å². The summed E-state index contributed by atoms with van der Waals surface area (Å²) in [5, 5.41) is 23.5. The summed E-state index contributed by atoms with van der Waals surface area (Å²) < 4.78 is 52.9. The molecule has 3 aliphatic heterocycles. The third kappa shape index (κ3) is 9.18. The number of nitro groups is 1. The Kier molecular flexibility index (Phi) is 12.4. The van der Waals surface area contributed by atoms with Gasteiger partial charge in [-0.25, -0.2) is 0 Å². The van der Waals surface area contributed by atoms with Gasteiger partial charge in [0, 0.05) is 75.1 Å². The zero-order valence-corrected chi connectivity index (χ0v) is 32.0. The Morgan fingerprint density at radius 3 is 2.21 bits per heavy atom. The van der Waals surface area contributed by atoms with E-state index in [0.29, 0.717) is 17.9 Å². The Morgan fingerprint density at radius 1 is 0.879 bits per heavy atom. The fourth-order valence-corrected chi connectivity index (χ4v) is 8.08. The number of nitrogens with zero attached hydrogens (tertiary/aromatic N) is 4. The third-order valence-electron chi connectivity index (χ3n) is 11.4. The first kappa shape index (κ1) is 40.8. The number of ether oxygens (including phenoxy) is 2. The molecule has 58 heavy (non-hydrogen) atoms. The molecule has 12 nitrogen and oxygen atoms in total. The molecular formula is C43H46F3N5O7. The van der Waals surface area contributed by atoms with E-state index in [1.54, 1.807) is 12.1 Å². The van der Waals surface area contributed by atoms with E-state index < -0.39 is 35.2 Å². The van der Waals surface area contributed by atoms with E-state index in [0.717, 1.165) is 65.2 Å². The lowest BCUT2D eigenvalue weighted by Gasteiger charge is -2.44. The van der Waals surface area contributed by atoms with Gasteiger partial charge in [-0.05, 0) is 52.8 Å². The minimum atomic E-state index is -5.04. The second-order valence-electron chi connectivity index (χ2n) is 15.0. The van der Waals surface area contributed by atoms with Crippen molar-refractivity contribution in [3.63, 3.8) is 0 Å². The molecule has 15 heteroatoms. The first-order chi connectivity index (χ1) is 27.9. The van der Waals surface area contributed by atoms with E-state index in [1.165, 1.54) is 12.1 Å². The van der Waals surface area contributed by atoms with Gasteiger partial charge in [-0.15, -0.1) is 0 Å². The van der Waals surface area contributed by atoms with Crippen LogP contribution >= 0.6 is 0 Å². The van der Waals surface area contributed by atoms with E-state index >= 15 is 0 Å². The lowest BCUT2D eigenvalue weighted by atomic mass is 9.89. The Bertz CT molecular complexity index is 2060. The van der Waals surface area contributed by atoms with Gasteiger partial charge in [0.2, 0.25) is 5.91 Å². The van der Waals surface area contributed by atoms with Gasteiger partial charge in [0.1, 0.15) is 6.04 Å². The minimum Gasteiger partial charge on any atom is -0.392 e. The molecule has 0 spiro atoms. The summed E-state index contributed by atoms with van der Waals surface area (Å²) in [5.74, 6) is -2.64. The molecule has 3 aliphatic rings. The number of aliphatic hydroxyl groups excluding tert-OH is 1. The summed E-state index contributed by atoms with van der Waals surface area (Å²) in [6, 6.07) is 28.4. The predicted octanol–water partition coefficient (Wildman–Crippen LogP) is 6.54. The van der Waals surface area contributed by atoms with E-state index in [9.17, 15) is 38.0 Å². The maximum Gasteiger partial charge on any atom is 0.471 e. The van der Waals surface area contributed by atoms with E-state index in [1.807, 2.05) is 72.8 Å². The first-order valence-electron chi connectivity index (χ1n) is 19.5. The standard InChI is InChI=1S/C43H46F3N5O7/c1-28-38(26-48-21-23-49(24-22-48)34-16-18-35(19-17-34)51(55)56)57-41(58-39(28)31-10-8-29(27-52)9-11-31)32-14-12-30(13-15-32)36-6-3-2-5-33(36)25-47-40(53)37-7-4-20-50(37)42(54)43(44,45)46/h2-3,5-6,8-19,28,37-39,41,52H,4,7,20-27H2,1H3,(H,47,53). The molecule has 0 bridgehead atoms. The summed E-state index contributed by atoms with van der Waals surface area (Å²) in [4.78, 5) is 40.9. The SMILES string of the molecule is CC1C(CN2CCN(c3ccc([N+](=O)[O-])cc3)CC2)OC(c2ccc(-c3ccccc3CNC(=O)C3CCCN3C(=O)C(F)(F)F)cc2)OC1c1ccc(CO)cc1. The second kappa shape index (κ2) is 17.6. The summed E-state index contributed by atoms with van der Waals surface area (Å²) in [7, 11) is 0. The average Bonchev–Trinajstić information content (AvgIpc) is 3.74. The molecule has 0 aromatic heterocycles.